The Labute approximate surface area is 187 Å². The minimum Gasteiger partial charge on any atom is -0.494 e. The summed E-state index contributed by atoms with van der Waals surface area (Å²) in [5.41, 5.74) is 6.57. The molecule has 6 heteroatoms. The van der Waals surface area contributed by atoms with E-state index >= 15 is 0 Å². The molecule has 1 heterocycles. The fourth-order valence-electron chi connectivity index (χ4n) is 4.45. The average molecular weight is 428 g/mol. The molecule has 0 aromatic heterocycles. The monoisotopic (exact) mass is 427 g/mol. The van der Waals surface area contributed by atoms with E-state index in [1.807, 2.05) is 49.4 Å². The summed E-state index contributed by atoms with van der Waals surface area (Å²) in [7, 11) is 0. The van der Waals surface area contributed by atoms with Gasteiger partial charge in [0.1, 0.15) is 12.3 Å². The zero-order valence-corrected chi connectivity index (χ0v) is 18.0. The molecule has 1 saturated heterocycles. The van der Waals surface area contributed by atoms with Gasteiger partial charge in [0.15, 0.2) is 0 Å². The predicted octanol–water partition coefficient (Wildman–Crippen LogP) is 4.54. The number of carbonyl (C=O) groups is 2. The van der Waals surface area contributed by atoms with E-state index in [-0.39, 0.29) is 18.5 Å². The number of fused-ring (bicyclic) bond motifs is 3. The Kier molecular flexibility index (Phi) is 5.27. The van der Waals surface area contributed by atoms with E-state index in [2.05, 4.69) is 29.6 Å². The molecule has 162 valence electrons. The van der Waals surface area contributed by atoms with Crippen molar-refractivity contribution in [2.24, 2.45) is 0 Å². The highest BCUT2D eigenvalue weighted by atomic mass is 16.5. The summed E-state index contributed by atoms with van der Waals surface area (Å²) in [4.78, 5) is 28.7. The van der Waals surface area contributed by atoms with Gasteiger partial charge in [-0.25, -0.2) is 4.79 Å². The molecule has 3 aromatic carbocycles. The fraction of sp³-hybridized carbons (Fsp3) is 0.231. The second kappa shape index (κ2) is 8.38. The summed E-state index contributed by atoms with van der Waals surface area (Å²) in [5.74, 6) is 0.582. The number of hydrogen-bond donors (Lipinski definition) is 1. The summed E-state index contributed by atoms with van der Waals surface area (Å²) >= 11 is 0. The Morgan fingerprint density at radius 2 is 1.75 bits per heavy atom. The SMILES string of the molecule is CCOc1ccc(N2CCN(CC(=O)Nc3ccc4c(c3)Cc3ccccc3-4)C2=O)cc1. The smallest absolute Gasteiger partial charge is 0.325 e. The van der Waals surface area contributed by atoms with Gasteiger partial charge in [-0.2, -0.15) is 0 Å². The number of hydrogen-bond acceptors (Lipinski definition) is 3. The number of benzene rings is 3. The second-order valence-corrected chi connectivity index (χ2v) is 8.04. The summed E-state index contributed by atoms with van der Waals surface area (Å²) in [6.45, 7) is 3.63. The molecule has 1 aliphatic heterocycles. The van der Waals surface area contributed by atoms with Crippen molar-refractivity contribution in [3.05, 3.63) is 77.9 Å². The molecule has 0 bridgehead atoms. The summed E-state index contributed by atoms with van der Waals surface area (Å²) in [6.07, 6.45) is 0.872. The van der Waals surface area contributed by atoms with E-state index in [4.69, 9.17) is 4.74 Å². The van der Waals surface area contributed by atoms with Crippen LogP contribution in [0.25, 0.3) is 11.1 Å². The maximum Gasteiger partial charge on any atom is 0.325 e. The Balaban J connectivity index is 1.21. The van der Waals surface area contributed by atoms with Crippen LogP contribution in [0, 0.1) is 0 Å². The topological polar surface area (TPSA) is 61.9 Å². The van der Waals surface area contributed by atoms with Gasteiger partial charge in [0.05, 0.1) is 6.61 Å². The molecule has 32 heavy (non-hydrogen) atoms. The third kappa shape index (κ3) is 3.80. The lowest BCUT2D eigenvalue weighted by Crippen LogP contribution is -2.37. The van der Waals surface area contributed by atoms with E-state index in [1.54, 1.807) is 9.80 Å². The van der Waals surface area contributed by atoms with Crippen LogP contribution in [0.1, 0.15) is 18.1 Å². The zero-order chi connectivity index (χ0) is 22.1. The Morgan fingerprint density at radius 1 is 0.969 bits per heavy atom. The van der Waals surface area contributed by atoms with Crippen LogP contribution < -0.4 is 15.0 Å². The number of rotatable bonds is 6. The molecule has 3 amide bonds. The lowest BCUT2D eigenvalue weighted by Gasteiger charge is -2.19. The first-order valence-corrected chi connectivity index (χ1v) is 10.9. The third-order valence-electron chi connectivity index (χ3n) is 5.97. The maximum atomic E-state index is 12.8. The van der Waals surface area contributed by atoms with Crippen molar-refractivity contribution in [1.29, 1.82) is 0 Å². The average Bonchev–Trinajstić information content (AvgIpc) is 3.34. The van der Waals surface area contributed by atoms with Crippen molar-refractivity contribution >= 4 is 23.3 Å². The zero-order valence-electron chi connectivity index (χ0n) is 18.0. The van der Waals surface area contributed by atoms with Crippen molar-refractivity contribution in [3.8, 4) is 16.9 Å². The molecule has 5 rings (SSSR count). The van der Waals surface area contributed by atoms with Crippen LogP contribution in [0.2, 0.25) is 0 Å². The summed E-state index contributed by atoms with van der Waals surface area (Å²) in [6, 6.07) is 21.7. The fourth-order valence-corrected chi connectivity index (χ4v) is 4.45. The number of ether oxygens (including phenoxy) is 1. The highest BCUT2D eigenvalue weighted by molar-refractivity contribution is 5.99. The lowest BCUT2D eigenvalue weighted by molar-refractivity contribution is -0.116. The lowest BCUT2D eigenvalue weighted by atomic mass is 10.1. The van der Waals surface area contributed by atoms with Crippen LogP contribution in [0.3, 0.4) is 0 Å². The van der Waals surface area contributed by atoms with Crippen LogP contribution in [0.5, 0.6) is 5.75 Å². The quantitative estimate of drug-likeness (QED) is 0.492. The van der Waals surface area contributed by atoms with Gasteiger partial charge in [-0.05, 0) is 72.0 Å². The first-order valence-electron chi connectivity index (χ1n) is 10.9. The van der Waals surface area contributed by atoms with Crippen molar-refractivity contribution < 1.29 is 14.3 Å². The predicted molar refractivity (Wildman–Crippen MR) is 125 cm³/mol. The highest BCUT2D eigenvalue weighted by Gasteiger charge is 2.31. The van der Waals surface area contributed by atoms with Crippen LogP contribution in [-0.4, -0.2) is 43.1 Å². The van der Waals surface area contributed by atoms with Gasteiger partial charge in [0.25, 0.3) is 0 Å². The number of carbonyl (C=O) groups excluding carboxylic acids is 2. The van der Waals surface area contributed by atoms with Gasteiger partial charge in [0.2, 0.25) is 5.91 Å². The van der Waals surface area contributed by atoms with Crippen molar-refractivity contribution in [3.63, 3.8) is 0 Å². The van der Waals surface area contributed by atoms with Gasteiger partial charge >= 0.3 is 6.03 Å². The normalized spacial score (nSPS) is 14.3. The van der Waals surface area contributed by atoms with E-state index in [9.17, 15) is 9.59 Å². The molecular formula is C26H25N3O3. The molecule has 2 aliphatic rings. The van der Waals surface area contributed by atoms with Crippen LogP contribution >= 0.6 is 0 Å². The molecule has 0 spiro atoms. The Bertz CT molecular complexity index is 1170. The second-order valence-electron chi connectivity index (χ2n) is 8.04. The number of anilines is 2. The molecule has 1 aliphatic carbocycles. The number of urea groups is 1. The van der Waals surface area contributed by atoms with E-state index in [0.29, 0.717) is 19.7 Å². The van der Waals surface area contributed by atoms with Crippen LogP contribution in [0.4, 0.5) is 16.2 Å². The van der Waals surface area contributed by atoms with Gasteiger partial charge in [-0.1, -0.05) is 30.3 Å². The standard InChI is InChI=1S/C26H25N3O3/c1-2-32-22-10-8-21(9-11-22)29-14-13-28(26(29)31)17-25(30)27-20-7-12-24-19(16-20)15-18-5-3-4-6-23(18)24/h3-12,16H,2,13-15,17H2,1H3,(H,27,30). The first-order chi connectivity index (χ1) is 15.6. The van der Waals surface area contributed by atoms with Gasteiger partial charge in [0, 0.05) is 24.5 Å². The van der Waals surface area contributed by atoms with E-state index < -0.39 is 0 Å². The maximum absolute atomic E-state index is 12.8. The summed E-state index contributed by atoms with van der Waals surface area (Å²) in [5, 5.41) is 2.95. The van der Waals surface area contributed by atoms with Crippen LogP contribution in [0.15, 0.2) is 66.7 Å². The molecular weight excluding hydrogens is 402 g/mol. The number of amides is 3. The molecule has 0 atom stereocenters. The van der Waals surface area contributed by atoms with E-state index in [1.165, 1.54) is 22.3 Å². The van der Waals surface area contributed by atoms with E-state index in [0.717, 1.165) is 23.5 Å². The minimum absolute atomic E-state index is 0.0314. The minimum atomic E-state index is -0.192. The first kappa shape index (κ1) is 20.1. The van der Waals surface area contributed by atoms with Crippen molar-refractivity contribution in [1.82, 2.24) is 4.90 Å². The number of nitrogens with one attached hydrogen (secondary N) is 1. The molecule has 1 N–H and O–H groups in total. The Morgan fingerprint density at radius 3 is 2.56 bits per heavy atom. The molecule has 1 fully saturated rings. The van der Waals surface area contributed by atoms with Crippen molar-refractivity contribution in [2.45, 2.75) is 13.3 Å². The van der Waals surface area contributed by atoms with Crippen LogP contribution in [-0.2, 0) is 11.2 Å². The molecule has 3 aromatic rings. The largest absolute Gasteiger partial charge is 0.494 e. The molecule has 0 radical (unpaired) electrons. The Hall–Kier alpha value is -3.80. The van der Waals surface area contributed by atoms with Gasteiger partial charge < -0.3 is 15.0 Å². The molecule has 0 unspecified atom stereocenters. The summed E-state index contributed by atoms with van der Waals surface area (Å²) < 4.78 is 5.46. The van der Waals surface area contributed by atoms with Crippen molar-refractivity contribution in [2.75, 3.05) is 36.5 Å². The van der Waals surface area contributed by atoms with Gasteiger partial charge in [-0.15, -0.1) is 0 Å². The molecule has 0 saturated carbocycles. The van der Waals surface area contributed by atoms with Gasteiger partial charge in [-0.3, -0.25) is 9.69 Å². The molecule has 6 nitrogen and oxygen atoms in total. The highest BCUT2D eigenvalue weighted by Crippen LogP contribution is 2.37. The third-order valence-corrected chi connectivity index (χ3v) is 5.97. The number of nitrogens with zero attached hydrogens (tertiary/aromatic N) is 2.